The minimum atomic E-state index is -0.595. The lowest BCUT2D eigenvalue weighted by atomic mass is 9.63. The average molecular weight is 656 g/mol. The molecule has 0 radical (unpaired) electrons. The third-order valence-electron chi connectivity index (χ3n) is 10.1. The molecule has 3 heterocycles. The Morgan fingerprint density at radius 1 is 0.400 bits per heavy atom. The van der Waals surface area contributed by atoms with E-state index in [0.29, 0.717) is 5.82 Å². The molecule has 0 N–H and O–H groups in total. The van der Waals surface area contributed by atoms with Gasteiger partial charge in [-0.05, 0) is 80.9 Å². The summed E-state index contributed by atoms with van der Waals surface area (Å²) < 4.78 is 0. The Morgan fingerprint density at radius 2 is 0.960 bits per heavy atom. The van der Waals surface area contributed by atoms with E-state index in [0.717, 1.165) is 28.1 Å². The fourth-order valence-corrected chi connectivity index (χ4v) is 9.13. The number of hydrogen-bond acceptors (Lipinski definition) is 4. The van der Waals surface area contributed by atoms with Crippen molar-refractivity contribution in [3.05, 3.63) is 198 Å². The van der Waals surface area contributed by atoms with Crippen LogP contribution in [0, 0.1) is 0 Å². The summed E-state index contributed by atoms with van der Waals surface area (Å²) in [7, 11) is 0. The first-order chi connectivity index (χ1) is 24.8. The fraction of sp³-hybridized carbons (Fsp3) is 0.0217. The van der Waals surface area contributed by atoms with Crippen molar-refractivity contribution >= 4 is 11.8 Å². The molecule has 50 heavy (non-hydrogen) atoms. The van der Waals surface area contributed by atoms with Crippen LogP contribution in [0.4, 0.5) is 0 Å². The molecule has 0 fully saturated rings. The lowest BCUT2D eigenvalue weighted by molar-refractivity contribution is 0.708. The topological polar surface area (TPSA) is 38.7 Å². The van der Waals surface area contributed by atoms with Crippen molar-refractivity contribution in [2.45, 2.75) is 15.2 Å². The minimum Gasteiger partial charge on any atom is -0.264 e. The van der Waals surface area contributed by atoms with Gasteiger partial charge in [0.2, 0.25) is 0 Å². The summed E-state index contributed by atoms with van der Waals surface area (Å²) in [6, 6.07) is 59.0. The first kappa shape index (κ1) is 28.9. The second-order valence-electron chi connectivity index (χ2n) is 12.8. The number of benzene rings is 6. The van der Waals surface area contributed by atoms with E-state index in [1.807, 2.05) is 30.1 Å². The Kier molecular flexibility index (Phi) is 6.64. The molecule has 0 saturated carbocycles. The van der Waals surface area contributed by atoms with Crippen LogP contribution in [0.2, 0.25) is 0 Å². The molecule has 2 aliphatic rings. The average Bonchev–Trinajstić information content (AvgIpc) is 3.30. The zero-order valence-corrected chi connectivity index (χ0v) is 27.8. The summed E-state index contributed by atoms with van der Waals surface area (Å²) in [4.78, 5) is 17.4. The van der Waals surface area contributed by atoms with Gasteiger partial charge < -0.3 is 0 Å². The monoisotopic (exact) mass is 655 g/mol. The van der Waals surface area contributed by atoms with Gasteiger partial charge in [0.15, 0.2) is 5.82 Å². The molecular weight excluding hydrogens is 627 g/mol. The minimum absolute atomic E-state index is 0.595. The summed E-state index contributed by atoms with van der Waals surface area (Å²) >= 11 is 1.86. The van der Waals surface area contributed by atoms with Crippen LogP contribution >= 0.6 is 11.8 Å². The normalized spacial score (nSPS) is 13.3. The van der Waals surface area contributed by atoms with E-state index >= 15 is 0 Å². The SMILES string of the molecule is c1ccc(-c2cc(-c3cccnc3)nc(-c3ccc4c(c3)C3(c5ccccc5Sc5ccccc53)c3ccccc3-c3ccccc3-4)n2)cc1. The van der Waals surface area contributed by atoms with Gasteiger partial charge in [0.1, 0.15) is 0 Å². The molecule has 0 amide bonds. The molecule has 8 aromatic rings. The smallest absolute Gasteiger partial charge is 0.160 e. The molecule has 3 nitrogen and oxygen atoms in total. The van der Waals surface area contributed by atoms with Gasteiger partial charge >= 0.3 is 0 Å². The number of nitrogens with zero attached hydrogens (tertiary/aromatic N) is 3. The van der Waals surface area contributed by atoms with Gasteiger partial charge in [-0.2, -0.15) is 0 Å². The van der Waals surface area contributed by atoms with Crippen molar-refractivity contribution in [1.29, 1.82) is 0 Å². The fourth-order valence-electron chi connectivity index (χ4n) is 7.94. The van der Waals surface area contributed by atoms with Gasteiger partial charge in [0.25, 0.3) is 0 Å². The lowest BCUT2D eigenvalue weighted by Gasteiger charge is -2.42. The standard InChI is InChI=1S/C46H29N3S/c1-2-13-30(14-3-1)41-28-42(32-15-12-26-47-29-32)49-45(48-41)31-24-25-36-34-17-5-4-16-33(34)35-18-6-7-19-37(35)46(40(36)27-31)38-20-8-10-22-43(38)50-44-23-11-9-21-39(44)46/h1-29H. The zero-order valence-electron chi connectivity index (χ0n) is 27.0. The predicted octanol–water partition coefficient (Wildman–Crippen LogP) is 11.4. The summed E-state index contributed by atoms with van der Waals surface area (Å²) in [6.45, 7) is 0. The lowest BCUT2D eigenvalue weighted by Crippen LogP contribution is -2.34. The van der Waals surface area contributed by atoms with Crippen molar-refractivity contribution in [2.75, 3.05) is 0 Å². The first-order valence-electron chi connectivity index (χ1n) is 16.8. The van der Waals surface area contributed by atoms with Gasteiger partial charge in [0.05, 0.1) is 16.8 Å². The van der Waals surface area contributed by atoms with Crippen LogP contribution in [0.1, 0.15) is 22.3 Å². The quantitative estimate of drug-likeness (QED) is 0.190. The maximum atomic E-state index is 5.25. The molecule has 2 aromatic heterocycles. The Bertz CT molecular complexity index is 2480. The van der Waals surface area contributed by atoms with E-state index in [2.05, 4.69) is 157 Å². The number of pyridine rings is 1. The largest absolute Gasteiger partial charge is 0.264 e. The molecule has 0 saturated heterocycles. The highest BCUT2D eigenvalue weighted by Gasteiger charge is 2.48. The Labute approximate surface area is 295 Å². The van der Waals surface area contributed by atoms with Crippen LogP contribution < -0.4 is 0 Å². The zero-order chi connectivity index (χ0) is 33.1. The summed E-state index contributed by atoms with van der Waals surface area (Å²) in [5, 5.41) is 0. The molecule has 234 valence electrons. The van der Waals surface area contributed by atoms with Crippen molar-refractivity contribution in [2.24, 2.45) is 0 Å². The summed E-state index contributed by atoms with van der Waals surface area (Å²) in [5.41, 5.74) is 14.1. The van der Waals surface area contributed by atoms with Gasteiger partial charge in [-0.25, -0.2) is 9.97 Å². The van der Waals surface area contributed by atoms with Crippen LogP contribution in [-0.2, 0) is 5.41 Å². The van der Waals surface area contributed by atoms with E-state index in [9.17, 15) is 0 Å². The Morgan fingerprint density at radius 3 is 1.64 bits per heavy atom. The van der Waals surface area contributed by atoms with Crippen molar-refractivity contribution in [3.63, 3.8) is 0 Å². The number of rotatable bonds is 3. The van der Waals surface area contributed by atoms with Gasteiger partial charge in [-0.1, -0.05) is 139 Å². The molecule has 1 aliphatic heterocycles. The second-order valence-corrected chi connectivity index (χ2v) is 13.8. The number of fused-ring (bicyclic) bond motifs is 11. The highest BCUT2D eigenvalue weighted by molar-refractivity contribution is 7.99. The van der Waals surface area contributed by atoms with E-state index in [1.54, 1.807) is 6.20 Å². The third kappa shape index (κ3) is 4.35. The highest BCUT2D eigenvalue weighted by atomic mass is 32.2. The predicted molar refractivity (Wildman–Crippen MR) is 203 cm³/mol. The van der Waals surface area contributed by atoms with E-state index in [-0.39, 0.29) is 0 Å². The molecular formula is C46H29N3S. The molecule has 6 aromatic carbocycles. The van der Waals surface area contributed by atoms with Crippen LogP contribution in [-0.4, -0.2) is 15.0 Å². The Hall–Kier alpha value is -6.10. The number of aromatic nitrogens is 3. The van der Waals surface area contributed by atoms with Crippen LogP contribution in [0.25, 0.3) is 56.2 Å². The third-order valence-corrected chi connectivity index (χ3v) is 11.2. The van der Waals surface area contributed by atoms with Crippen LogP contribution in [0.3, 0.4) is 0 Å². The van der Waals surface area contributed by atoms with Crippen molar-refractivity contribution < 1.29 is 0 Å². The van der Waals surface area contributed by atoms with E-state index < -0.39 is 5.41 Å². The molecule has 0 atom stereocenters. The summed E-state index contributed by atoms with van der Waals surface area (Å²) in [5.74, 6) is 0.681. The van der Waals surface area contributed by atoms with Crippen molar-refractivity contribution in [1.82, 2.24) is 15.0 Å². The Balaban J connectivity index is 1.33. The first-order valence-corrected chi connectivity index (χ1v) is 17.7. The van der Waals surface area contributed by atoms with E-state index in [4.69, 9.17) is 9.97 Å². The second kappa shape index (κ2) is 11.5. The van der Waals surface area contributed by atoms with Gasteiger partial charge in [-0.3, -0.25) is 4.98 Å². The molecule has 0 bridgehead atoms. The highest BCUT2D eigenvalue weighted by Crippen LogP contribution is 2.61. The molecule has 0 unspecified atom stereocenters. The van der Waals surface area contributed by atoms with Gasteiger partial charge in [-0.15, -0.1) is 0 Å². The van der Waals surface area contributed by atoms with Crippen LogP contribution in [0.5, 0.6) is 0 Å². The maximum absolute atomic E-state index is 5.25. The maximum Gasteiger partial charge on any atom is 0.160 e. The summed E-state index contributed by atoms with van der Waals surface area (Å²) in [6.07, 6.45) is 3.66. The molecule has 10 rings (SSSR count). The van der Waals surface area contributed by atoms with Crippen LogP contribution in [0.15, 0.2) is 186 Å². The number of hydrogen-bond donors (Lipinski definition) is 0. The van der Waals surface area contributed by atoms with Crippen molar-refractivity contribution in [3.8, 4) is 56.2 Å². The van der Waals surface area contributed by atoms with Gasteiger partial charge in [0, 0.05) is 38.9 Å². The van der Waals surface area contributed by atoms with E-state index in [1.165, 1.54) is 54.3 Å². The molecule has 4 heteroatoms. The molecule has 1 spiro atoms. The molecule has 1 aliphatic carbocycles.